The second-order valence-electron chi connectivity index (χ2n) is 8.58. The molecule has 4 heterocycles. The summed E-state index contributed by atoms with van der Waals surface area (Å²) in [6.45, 7) is 0.104. The Bertz CT molecular complexity index is 1420. The molecule has 5 aromatic rings. The summed E-state index contributed by atoms with van der Waals surface area (Å²) in [6.07, 6.45) is 3.70. The van der Waals surface area contributed by atoms with Crippen LogP contribution in [0.25, 0.3) is 0 Å². The molecule has 1 spiro atoms. The van der Waals surface area contributed by atoms with E-state index in [9.17, 15) is 0 Å². The van der Waals surface area contributed by atoms with E-state index >= 15 is 0 Å². The van der Waals surface area contributed by atoms with Crippen LogP contribution in [0.15, 0.2) is 116 Å². The smallest absolute Gasteiger partial charge is 0.244 e. The third-order valence-electron chi connectivity index (χ3n) is 6.99. The molecule has 2 aliphatic heterocycles. The lowest BCUT2D eigenvalue weighted by molar-refractivity contribution is 0.415. The molecule has 33 heavy (non-hydrogen) atoms. The molecule has 7 rings (SSSR count). The van der Waals surface area contributed by atoms with Crippen LogP contribution in [0.4, 0.5) is 0 Å². The van der Waals surface area contributed by atoms with Gasteiger partial charge in [0.05, 0.1) is 11.1 Å². The Labute approximate surface area is 192 Å². The van der Waals surface area contributed by atoms with Crippen LogP contribution in [-0.4, -0.2) is 16.7 Å². The largest absolute Gasteiger partial charge is 0.438 e. The van der Waals surface area contributed by atoms with Crippen molar-refractivity contribution in [3.05, 3.63) is 138 Å². The summed E-state index contributed by atoms with van der Waals surface area (Å²) in [4.78, 5) is 9.73. The van der Waals surface area contributed by atoms with Crippen molar-refractivity contribution in [1.29, 1.82) is 0 Å². The van der Waals surface area contributed by atoms with E-state index in [1.807, 2.05) is 30.5 Å². The first-order valence-electron chi connectivity index (χ1n) is 11.2. The van der Waals surface area contributed by atoms with Crippen molar-refractivity contribution >= 4 is 23.1 Å². The van der Waals surface area contributed by atoms with Crippen LogP contribution in [0.5, 0.6) is 11.6 Å². The summed E-state index contributed by atoms with van der Waals surface area (Å²) < 4.78 is 6.31. The van der Waals surface area contributed by atoms with Gasteiger partial charge in [-0.3, -0.25) is 4.98 Å². The first-order valence-corrected chi connectivity index (χ1v) is 11.2. The predicted molar refractivity (Wildman–Crippen MR) is 132 cm³/mol. The Morgan fingerprint density at radius 3 is 2.15 bits per heavy atom. The van der Waals surface area contributed by atoms with Gasteiger partial charge in [-0.2, -0.15) is 0 Å². The van der Waals surface area contributed by atoms with Gasteiger partial charge in [-0.05, 0) is 29.2 Å². The van der Waals surface area contributed by atoms with Gasteiger partial charge in [0, 0.05) is 23.5 Å². The van der Waals surface area contributed by atoms with E-state index in [2.05, 4.69) is 83.8 Å². The summed E-state index contributed by atoms with van der Waals surface area (Å²) in [6, 6.07) is 36.2. The highest BCUT2D eigenvalue weighted by molar-refractivity contribution is 6.96. The Balaban J connectivity index is 1.67. The van der Waals surface area contributed by atoms with E-state index in [0.29, 0.717) is 5.88 Å². The number of nitrogens with zero attached hydrogens (tertiary/aromatic N) is 2. The van der Waals surface area contributed by atoms with Gasteiger partial charge in [-0.25, -0.2) is 4.98 Å². The number of hydrogen-bond donors (Lipinski definition) is 0. The molecule has 3 aromatic carbocycles. The fraction of sp³-hybridized carbons (Fsp3) is 0.0345. The highest BCUT2D eigenvalue weighted by Gasteiger charge is 2.53. The summed E-state index contributed by atoms with van der Waals surface area (Å²) >= 11 is 0. The van der Waals surface area contributed by atoms with Crippen LogP contribution in [0, 0.1) is 0 Å². The maximum absolute atomic E-state index is 6.31. The van der Waals surface area contributed by atoms with E-state index in [0.717, 1.165) is 22.6 Å². The van der Waals surface area contributed by atoms with Crippen LogP contribution >= 0.6 is 0 Å². The van der Waals surface area contributed by atoms with Crippen LogP contribution in [0.3, 0.4) is 0 Å². The quantitative estimate of drug-likeness (QED) is 0.378. The van der Waals surface area contributed by atoms with Crippen LogP contribution in [0.2, 0.25) is 0 Å². The third kappa shape index (κ3) is 2.41. The lowest BCUT2D eigenvalue weighted by Gasteiger charge is -2.45. The number of fused-ring (bicyclic) bond motifs is 8. The minimum absolute atomic E-state index is 0.104. The number of ether oxygens (including phenoxy) is 1. The zero-order valence-corrected chi connectivity index (χ0v) is 17.8. The topological polar surface area (TPSA) is 35.0 Å². The molecule has 0 radical (unpaired) electrons. The minimum atomic E-state index is -0.600. The van der Waals surface area contributed by atoms with E-state index in [1.54, 1.807) is 6.20 Å². The minimum Gasteiger partial charge on any atom is -0.438 e. The predicted octanol–water partition coefficient (Wildman–Crippen LogP) is 3.79. The molecule has 0 bridgehead atoms. The van der Waals surface area contributed by atoms with E-state index in [-0.39, 0.29) is 6.71 Å². The van der Waals surface area contributed by atoms with Crippen LogP contribution in [0.1, 0.15) is 22.4 Å². The molecule has 0 saturated heterocycles. The summed E-state index contributed by atoms with van der Waals surface area (Å²) in [5.41, 5.74) is 7.58. The number of benzene rings is 3. The molecular formula is C29H19BN2O. The normalized spacial score (nSPS) is 17.4. The first kappa shape index (κ1) is 18.4. The average molecular weight is 422 g/mol. The molecule has 4 heteroatoms. The van der Waals surface area contributed by atoms with Crippen molar-refractivity contribution in [3.8, 4) is 11.6 Å². The molecule has 0 saturated carbocycles. The molecule has 2 aromatic heterocycles. The lowest BCUT2D eigenvalue weighted by atomic mass is 9.31. The number of hydrogen-bond acceptors (Lipinski definition) is 3. The highest BCUT2D eigenvalue weighted by Crippen LogP contribution is 2.54. The SMILES string of the molecule is c1ccc(B2c3ccccc3C3(c4ccccc4Oc4ncccc43)c3ncccc32)cc1. The van der Waals surface area contributed by atoms with Gasteiger partial charge in [0.2, 0.25) is 12.6 Å². The van der Waals surface area contributed by atoms with Crippen molar-refractivity contribution in [1.82, 2.24) is 9.97 Å². The molecular weight excluding hydrogens is 403 g/mol. The number of para-hydroxylation sites is 1. The molecule has 0 amide bonds. The molecule has 154 valence electrons. The van der Waals surface area contributed by atoms with Crippen LogP contribution in [-0.2, 0) is 5.41 Å². The number of pyridine rings is 2. The van der Waals surface area contributed by atoms with E-state index in [1.165, 1.54) is 22.0 Å². The fourth-order valence-electron chi connectivity index (χ4n) is 5.77. The van der Waals surface area contributed by atoms with Gasteiger partial charge in [0.25, 0.3) is 0 Å². The number of aromatic nitrogens is 2. The second-order valence-corrected chi connectivity index (χ2v) is 8.58. The number of rotatable bonds is 1. The Kier molecular flexibility index (Phi) is 3.85. The standard InChI is InChI=1S/C29H19BN2O/c1-2-10-20(11-3-1)30-24-15-6-4-12-21(24)29(27-25(30)16-9-18-31-27)22-13-5-7-17-26(22)33-28-23(29)14-8-19-32-28/h1-19H. The van der Waals surface area contributed by atoms with Gasteiger partial charge in [0.1, 0.15) is 5.75 Å². The molecule has 2 aliphatic rings. The zero-order valence-electron chi connectivity index (χ0n) is 17.8. The molecule has 1 unspecified atom stereocenters. The van der Waals surface area contributed by atoms with Gasteiger partial charge >= 0.3 is 0 Å². The lowest BCUT2D eigenvalue weighted by Crippen LogP contribution is -2.62. The highest BCUT2D eigenvalue weighted by atomic mass is 16.5. The van der Waals surface area contributed by atoms with Crippen molar-refractivity contribution in [3.63, 3.8) is 0 Å². The van der Waals surface area contributed by atoms with Crippen molar-refractivity contribution in [2.24, 2.45) is 0 Å². The Hall–Kier alpha value is -4.18. The Morgan fingerprint density at radius 2 is 1.24 bits per heavy atom. The molecule has 0 aliphatic carbocycles. The van der Waals surface area contributed by atoms with Gasteiger partial charge in [-0.1, -0.05) is 95.9 Å². The monoisotopic (exact) mass is 422 g/mol. The molecule has 0 N–H and O–H groups in total. The summed E-state index contributed by atoms with van der Waals surface area (Å²) in [5.74, 6) is 1.47. The zero-order chi connectivity index (χ0) is 21.8. The fourth-order valence-corrected chi connectivity index (χ4v) is 5.77. The maximum Gasteiger partial charge on any atom is 0.244 e. The maximum atomic E-state index is 6.31. The van der Waals surface area contributed by atoms with Gasteiger partial charge < -0.3 is 4.74 Å². The van der Waals surface area contributed by atoms with Gasteiger partial charge in [-0.15, -0.1) is 0 Å². The van der Waals surface area contributed by atoms with Gasteiger partial charge in [0.15, 0.2) is 0 Å². The first-order chi connectivity index (χ1) is 16.4. The Morgan fingerprint density at radius 1 is 0.576 bits per heavy atom. The van der Waals surface area contributed by atoms with Crippen LogP contribution < -0.4 is 21.1 Å². The third-order valence-corrected chi connectivity index (χ3v) is 6.99. The van der Waals surface area contributed by atoms with E-state index < -0.39 is 5.41 Å². The summed E-state index contributed by atoms with van der Waals surface area (Å²) in [5, 5.41) is 0. The van der Waals surface area contributed by atoms with Crippen molar-refractivity contribution in [2.45, 2.75) is 5.41 Å². The van der Waals surface area contributed by atoms with E-state index in [4.69, 9.17) is 9.72 Å². The average Bonchev–Trinajstić information content (AvgIpc) is 2.89. The molecule has 1 atom stereocenters. The van der Waals surface area contributed by atoms with Crippen molar-refractivity contribution < 1.29 is 4.74 Å². The molecule has 0 fully saturated rings. The molecule has 3 nitrogen and oxygen atoms in total. The second kappa shape index (κ2) is 6.91. The summed E-state index contributed by atoms with van der Waals surface area (Å²) in [7, 11) is 0. The van der Waals surface area contributed by atoms with Crippen molar-refractivity contribution in [2.75, 3.05) is 0 Å².